The van der Waals surface area contributed by atoms with Crippen LogP contribution in [0.4, 0.5) is 9.59 Å². The maximum atomic E-state index is 13.4. The van der Waals surface area contributed by atoms with Crippen LogP contribution in [0.3, 0.4) is 0 Å². The first-order valence-corrected chi connectivity index (χ1v) is 14.2. The summed E-state index contributed by atoms with van der Waals surface area (Å²) in [6, 6.07) is 7.69. The summed E-state index contributed by atoms with van der Waals surface area (Å²) in [5.74, 6) is 0.631. The first kappa shape index (κ1) is 30.5. The Morgan fingerprint density at radius 3 is 2.68 bits per heavy atom. The van der Waals surface area contributed by atoms with E-state index in [1.54, 1.807) is 0 Å². The molecule has 2 aliphatic rings. The molecule has 2 heterocycles. The molecule has 1 aromatic rings. The fourth-order valence-electron chi connectivity index (χ4n) is 5.88. The topological polar surface area (TPSA) is 101 Å². The Bertz CT molecular complexity index is 881. The van der Waals surface area contributed by atoms with E-state index >= 15 is 0 Å². The zero-order valence-corrected chi connectivity index (χ0v) is 24.0. The van der Waals surface area contributed by atoms with E-state index < -0.39 is 6.09 Å². The number of hydrogen-bond acceptors (Lipinski definition) is 6. The van der Waals surface area contributed by atoms with Crippen LogP contribution in [0.2, 0.25) is 5.02 Å². The number of hydrogen-bond donors (Lipinski definition) is 3. The van der Waals surface area contributed by atoms with Crippen LogP contribution in [-0.2, 0) is 14.2 Å². The van der Waals surface area contributed by atoms with Gasteiger partial charge in [0.15, 0.2) is 0 Å². The number of piperidine rings is 1. The van der Waals surface area contributed by atoms with Gasteiger partial charge in [-0.2, -0.15) is 0 Å². The number of halogens is 1. The Morgan fingerprint density at radius 2 is 2.00 bits per heavy atom. The molecule has 0 aromatic heterocycles. The van der Waals surface area contributed by atoms with Crippen LogP contribution in [0.25, 0.3) is 0 Å². The van der Waals surface area contributed by atoms with Crippen LogP contribution in [0, 0.1) is 11.8 Å². The number of rotatable bonds is 11. The van der Waals surface area contributed by atoms with Crippen LogP contribution in [0.1, 0.15) is 57.6 Å². The van der Waals surface area contributed by atoms with Crippen molar-refractivity contribution in [1.29, 1.82) is 0 Å². The Balaban J connectivity index is 1.63. The van der Waals surface area contributed by atoms with Gasteiger partial charge in [-0.15, -0.1) is 0 Å². The van der Waals surface area contributed by atoms with E-state index in [9.17, 15) is 9.59 Å². The lowest BCUT2D eigenvalue weighted by molar-refractivity contribution is -0.0547. The van der Waals surface area contributed by atoms with Crippen molar-refractivity contribution in [2.75, 3.05) is 46.9 Å². The lowest BCUT2D eigenvalue weighted by Crippen LogP contribution is -2.52. The normalized spacial score (nSPS) is 25.3. The minimum absolute atomic E-state index is 0.0275. The highest BCUT2D eigenvalue weighted by molar-refractivity contribution is 6.30. The molecule has 0 radical (unpaired) electrons. The number of carbonyl (C=O) groups excluding carboxylic acids is 2. The third-order valence-electron chi connectivity index (χ3n) is 7.40. The van der Waals surface area contributed by atoms with Crippen molar-refractivity contribution >= 4 is 23.7 Å². The third kappa shape index (κ3) is 9.59. The Hall–Kier alpha value is -2.07. The van der Waals surface area contributed by atoms with Gasteiger partial charge in [0.05, 0.1) is 32.0 Å². The summed E-state index contributed by atoms with van der Waals surface area (Å²) in [4.78, 5) is 26.8. The van der Waals surface area contributed by atoms with Gasteiger partial charge in [0, 0.05) is 43.2 Å². The molecule has 6 atom stereocenters. The summed E-state index contributed by atoms with van der Waals surface area (Å²) < 4.78 is 16.8. The van der Waals surface area contributed by atoms with Crippen LogP contribution >= 0.6 is 11.6 Å². The van der Waals surface area contributed by atoms with Crippen LogP contribution in [-0.4, -0.2) is 82.2 Å². The van der Waals surface area contributed by atoms with E-state index in [-0.39, 0.29) is 36.3 Å². The van der Waals surface area contributed by atoms with Gasteiger partial charge in [0.25, 0.3) is 0 Å². The fraction of sp³-hybridized carbons (Fsp3) is 0.714. The number of methoxy groups -OCH3 is 1. The molecule has 38 heavy (non-hydrogen) atoms. The molecule has 0 aliphatic carbocycles. The van der Waals surface area contributed by atoms with E-state index in [1.165, 1.54) is 7.11 Å². The second-order valence-corrected chi connectivity index (χ2v) is 11.1. The maximum Gasteiger partial charge on any atom is 0.406 e. The van der Waals surface area contributed by atoms with Crippen molar-refractivity contribution in [1.82, 2.24) is 20.9 Å². The Labute approximate surface area is 232 Å². The quantitative estimate of drug-likeness (QED) is 0.353. The number of alkyl carbamates (subject to hydrolysis) is 1. The molecule has 1 aromatic carbocycles. The van der Waals surface area contributed by atoms with E-state index in [4.69, 9.17) is 21.1 Å². The second kappa shape index (κ2) is 15.5. The first-order valence-electron chi connectivity index (χ1n) is 13.8. The zero-order valence-electron chi connectivity index (χ0n) is 23.2. The Morgan fingerprint density at radius 1 is 1.24 bits per heavy atom. The highest BCUT2D eigenvalue weighted by Crippen LogP contribution is 2.34. The van der Waals surface area contributed by atoms with Crippen molar-refractivity contribution in [2.45, 2.75) is 70.3 Å². The number of nitrogens with one attached hydrogen (secondary N) is 3. The molecule has 2 saturated heterocycles. The average molecular weight is 553 g/mol. The average Bonchev–Trinajstić information content (AvgIpc) is 2.88. The summed E-state index contributed by atoms with van der Waals surface area (Å²) >= 11 is 6.30. The molecule has 0 spiro atoms. The van der Waals surface area contributed by atoms with E-state index in [0.29, 0.717) is 37.2 Å². The molecular weight excluding hydrogens is 508 g/mol. The molecule has 2 fully saturated rings. The van der Waals surface area contributed by atoms with Crippen molar-refractivity contribution in [3.05, 3.63) is 34.9 Å². The monoisotopic (exact) mass is 552 g/mol. The number of likely N-dealkylation sites (tertiary alicyclic amines) is 1. The van der Waals surface area contributed by atoms with Crippen LogP contribution < -0.4 is 16.0 Å². The zero-order chi connectivity index (χ0) is 27.5. The molecule has 9 nitrogen and oxygen atoms in total. The molecule has 0 bridgehead atoms. The lowest BCUT2D eigenvalue weighted by Gasteiger charge is -2.38. The highest BCUT2D eigenvalue weighted by atomic mass is 35.5. The summed E-state index contributed by atoms with van der Waals surface area (Å²) in [5.41, 5.74) is 0.971. The van der Waals surface area contributed by atoms with Gasteiger partial charge in [-0.05, 0) is 76.6 Å². The predicted molar refractivity (Wildman–Crippen MR) is 148 cm³/mol. The van der Waals surface area contributed by atoms with Gasteiger partial charge in [0.2, 0.25) is 0 Å². The van der Waals surface area contributed by atoms with Gasteiger partial charge in [-0.1, -0.05) is 23.7 Å². The molecule has 214 valence electrons. The van der Waals surface area contributed by atoms with E-state index in [2.05, 4.69) is 34.5 Å². The molecule has 10 heteroatoms. The molecule has 2 unspecified atom stereocenters. The standard InChI is InChI=1S/C28H45ClN4O5/c1-19-13-21(14-20(2)38-19)15-25(17-30-3)32-27(34)33-11-6-8-23(18-33)26(22-7-5-9-24(29)16-22)37-12-10-31-28(35)36-4/h5,7,9,16,19-21,23,25-26,30H,6,8,10-15,17-18H2,1-4H3,(H,31,35)(H,32,34)/t19-,20+,21?,23-,25+,26?/m1/s1. The number of likely N-dealkylation sites (N-methyl/N-ethyl adjacent to an activating group) is 1. The van der Waals surface area contributed by atoms with Gasteiger partial charge in [0.1, 0.15) is 0 Å². The second-order valence-electron chi connectivity index (χ2n) is 10.6. The first-order chi connectivity index (χ1) is 18.3. The number of urea groups is 1. The molecule has 2 aliphatic heterocycles. The summed E-state index contributed by atoms with van der Waals surface area (Å²) in [7, 11) is 3.26. The minimum Gasteiger partial charge on any atom is -0.453 e. The van der Waals surface area contributed by atoms with Gasteiger partial charge in [-0.25, -0.2) is 9.59 Å². The molecule has 3 amide bonds. The van der Waals surface area contributed by atoms with E-state index in [0.717, 1.165) is 44.2 Å². The fourth-order valence-corrected chi connectivity index (χ4v) is 6.08. The molecule has 0 saturated carbocycles. The van der Waals surface area contributed by atoms with Crippen LogP contribution in [0.15, 0.2) is 24.3 Å². The third-order valence-corrected chi connectivity index (χ3v) is 7.63. The van der Waals surface area contributed by atoms with Gasteiger partial charge < -0.3 is 35.1 Å². The van der Waals surface area contributed by atoms with Gasteiger partial charge in [-0.3, -0.25) is 0 Å². The number of ether oxygens (including phenoxy) is 3. The summed E-state index contributed by atoms with van der Waals surface area (Å²) in [6.45, 7) is 6.94. The summed E-state index contributed by atoms with van der Waals surface area (Å²) in [5, 5.41) is 9.84. The Kier molecular flexibility index (Phi) is 12.4. The largest absolute Gasteiger partial charge is 0.453 e. The minimum atomic E-state index is -0.491. The molecule has 3 N–H and O–H groups in total. The number of amides is 3. The number of nitrogens with zero attached hydrogens (tertiary/aromatic N) is 1. The van der Waals surface area contributed by atoms with E-state index in [1.807, 2.05) is 36.2 Å². The number of carbonyl (C=O) groups is 2. The van der Waals surface area contributed by atoms with Crippen molar-refractivity contribution in [3.63, 3.8) is 0 Å². The molecular formula is C28H45ClN4O5. The smallest absolute Gasteiger partial charge is 0.406 e. The van der Waals surface area contributed by atoms with Crippen LogP contribution in [0.5, 0.6) is 0 Å². The SMILES string of the molecule is CNC[C@H](CC1C[C@@H](C)O[C@@H](C)C1)NC(=O)N1CCC[C@@H](C(OCCNC(=O)OC)c2cccc(Cl)c2)C1. The van der Waals surface area contributed by atoms with Crippen molar-refractivity contribution in [2.24, 2.45) is 11.8 Å². The number of benzene rings is 1. The summed E-state index contributed by atoms with van der Waals surface area (Å²) in [6.07, 6.45) is 4.58. The van der Waals surface area contributed by atoms with Crippen molar-refractivity contribution in [3.8, 4) is 0 Å². The van der Waals surface area contributed by atoms with Gasteiger partial charge >= 0.3 is 12.1 Å². The highest BCUT2D eigenvalue weighted by Gasteiger charge is 2.33. The lowest BCUT2D eigenvalue weighted by atomic mass is 9.87. The molecule has 3 rings (SSSR count). The van der Waals surface area contributed by atoms with Crippen molar-refractivity contribution < 1.29 is 23.8 Å². The maximum absolute atomic E-state index is 13.4. The predicted octanol–water partition coefficient (Wildman–Crippen LogP) is 4.36.